The van der Waals surface area contributed by atoms with E-state index < -0.39 is 6.04 Å². The van der Waals surface area contributed by atoms with E-state index in [0.29, 0.717) is 31.0 Å². The van der Waals surface area contributed by atoms with Gasteiger partial charge in [-0.3, -0.25) is 9.59 Å². The molecule has 1 aliphatic rings. The van der Waals surface area contributed by atoms with E-state index in [4.69, 9.17) is 0 Å². The van der Waals surface area contributed by atoms with Gasteiger partial charge in [0.2, 0.25) is 5.91 Å². The number of nitrogens with one attached hydrogen (secondary N) is 1. The van der Waals surface area contributed by atoms with Crippen LogP contribution in [-0.4, -0.2) is 29.3 Å². The molecule has 1 N–H and O–H groups in total. The van der Waals surface area contributed by atoms with E-state index in [2.05, 4.69) is 31.3 Å². The number of hydrogen-bond acceptors (Lipinski definition) is 2. The molecule has 2 aromatic carbocycles. The van der Waals surface area contributed by atoms with Gasteiger partial charge in [0.05, 0.1) is 0 Å². The van der Waals surface area contributed by atoms with E-state index in [0.717, 1.165) is 6.42 Å². The molecule has 1 atom stereocenters. The first-order valence-electron chi connectivity index (χ1n) is 9.26. The number of benzene rings is 2. The molecule has 2 amide bonds. The van der Waals surface area contributed by atoms with Crippen molar-refractivity contribution in [2.45, 2.75) is 39.3 Å². The Bertz CT molecular complexity index is 771. The maximum atomic E-state index is 13.1. The maximum Gasteiger partial charge on any atom is 0.251 e. The molecule has 0 saturated carbocycles. The lowest BCUT2D eigenvalue weighted by Gasteiger charge is -2.32. The predicted molar refractivity (Wildman–Crippen MR) is 103 cm³/mol. The fourth-order valence-corrected chi connectivity index (χ4v) is 3.43. The average Bonchev–Trinajstić information content (AvgIpc) is 2.66. The van der Waals surface area contributed by atoms with Gasteiger partial charge in [-0.1, -0.05) is 56.3 Å². The third kappa shape index (κ3) is 4.31. The Balaban J connectivity index is 1.73. The first-order valence-corrected chi connectivity index (χ1v) is 9.26. The molecule has 0 saturated heterocycles. The largest absolute Gasteiger partial charge is 0.340 e. The fraction of sp³-hybridized carbons (Fsp3) is 0.364. The molecule has 0 bridgehead atoms. The van der Waals surface area contributed by atoms with Gasteiger partial charge in [0.15, 0.2) is 0 Å². The molecule has 1 aliphatic heterocycles. The summed E-state index contributed by atoms with van der Waals surface area (Å²) >= 11 is 0. The lowest BCUT2D eigenvalue weighted by Crippen LogP contribution is -2.50. The van der Waals surface area contributed by atoms with Gasteiger partial charge in [0.25, 0.3) is 5.91 Å². The van der Waals surface area contributed by atoms with E-state index in [1.165, 1.54) is 11.1 Å². The lowest BCUT2D eigenvalue weighted by molar-refractivity contribution is -0.134. The van der Waals surface area contributed by atoms with Crippen LogP contribution in [0.5, 0.6) is 0 Å². The highest BCUT2D eigenvalue weighted by Crippen LogP contribution is 2.20. The van der Waals surface area contributed by atoms with Crippen molar-refractivity contribution in [3.05, 3.63) is 71.3 Å². The number of nitrogens with zero attached hydrogens (tertiary/aromatic N) is 1. The van der Waals surface area contributed by atoms with E-state index in [1.54, 1.807) is 12.1 Å². The molecule has 1 heterocycles. The smallest absolute Gasteiger partial charge is 0.251 e. The summed E-state index contributed by atoms with van der Waals surface area (Å²) < 4.78 is 0. The third-order valence-electron chi connectivity index (χ3n) is 4.79. The summed E-state index contributed by atoms with van der Waals surface area (Å²) in [6.07, 6.45) is 1.50. The minimum atomic E-state index is -0.493. The van der Waals surface area contributed by atoms with Gasteiger partial charge >= 0.3 is 0 Å². The zero-order chi connectivity index (χ0) is 18.5. The molecule has 3 rings (SSSR count). The summed E-state index contributed by atoms with van der Waals surface area (Å²) in [5.41, 5.74) is 3.09. The van der Waals surface area contributed by atoms with Crippen molar-refractivity contribution < 1.29 is 9.59 Å². The highest BCUT2D eigenvalue weighted by molar-refractivity contribution is 5.97. The Morgan fingerprint density at radius 2 is 1.65 bits per heavy atom. The van der Waals surface area contributed by atoms with Gasteiger partial charge in [-0.15, -0.1) is 0 Å². The van der Waals surface area contributed by atoms with Crippen LogP contribution in [0.3, 0.4) is 0 Å². The van der Waals surface area contributed by atoms with Gasteiger partial charge in [0.1, 0.15) is 6.04 Å². The van der Waals surface area contributed by atoms with Crippen molar-refractivity contribution in [1.82, 2.24) is 10.2 Å². The molecule has 0 fully saturated rings. The summed E-state index contributed by atoms with van der Waals surface area (Å²) in [6, 6.07) is 16.8. The van der Waals surface area contributed by atoms with Gasteiger partial charge in [-0.05, 0) is 42.0 Å². The Kier molecular flexibility index (Phi) is 5.71. The van der Waals surface area contributed by atoms with Crippen molar-refractivity contribution in [2.24, 2.45) is 5.92 Å². The van der Waals surface area contributed by atoms with Gasteiger partial charge in [0, 0.05) is 18.7 Å². The molecule has 0 aliphatic carbocycles. The van der Waals surface area contributed by atoms with Crippen LogP contribution < -0.4 is 5.32 Å². The summed E-state index contributed by atoms with van der Waals surface area (Å²) in [4.78, 5) is 27.5. The lowest BCUT2D eigenvalue weighted by atomic mass is 9.97. The van der Waals surface area contributed by atoms with Crippen molar-refractivity contribution in [1.29, 1.82) is 0 Å². The van der Waals surface area contributed by atoms with E-state index in [1.807, 2.05) is 35.2 Å². The van der Waals surface area contributed by atoms with Crippen LogP contribution in [-0.2, 0) is 17.8 Å². The fourth-order valence-electron chi connectivity index (χ4n) is 3.43. The second-order valence-corrected chi connectivity index (χ2v) is 7.30. The Labute approximate surface area is 155 Å². The Hall–Kier alpha value is -2.62. The van der Waals surface area contributed by atoms with Crippen molar-refractivity contribution in [3.8, 4) is 0 Å². The topological polar surface area (TPSA) is 49.4 Å². The average molecular weight is 350 g/mol. The van der Waals surface area contributed by atoms with Crippen LogP contribution in [0, 0.1) is 5.92 Å². The number of hydrogen-bond donors (Lipinski definition) is 1. The minimum Gasteiger partial charge on any atom is -0.340 e. The first-order chi connectivity index (χ1) is 12.5. The third-order valence-corrected chi connectivity index (χ3v) is 4.79. The van der Waals surface area contributed by atoms with Crippen LogP contribution in [0.25, 0.3) is 0 Å². The van der Waals surface area contributed by atoms with Crippen molar-refractivity contribution >= 4 is 11.8 Å². The van der Waals surface area contributed by atoms with Crippen molar-refractivity contribution in [3.63, 3.8) is 0 Å². The highest BCUT2D eigenvalue weighted by Gasteiger charge is 2.29. The normalized spacial score (nSPS) is 14.7. The Morgan fingerprint density at radius 1 is 1.00 bits per heavy atom. The number of carbonyl (C=O) groups excluding carboxylic acids is 2. The van der Waals surface area contributed by atoms with Crippen LogP contribution in [0.4, 0.5) is 0 Å². The molecular formula is C22H26N2O2. The Morgan fingerprint density at radius 3 is 2.35 bits per heavy atom. The predicted octanol–water partition coefficient (Wildman–Crippen LogP) is 3.42. The molecular weight excluding hydrogens is 324 g/mol. The zero-order valence-electron chi connectivity index (χ0n) is 15.4. The SMILES string of the molecule is CC(C)C[C@@H](NC(=O)c1ccccc1)C(=O)N1CCc2ccccc2C1. The summed E-state index contributed by atoms with van der Waals surface area (Å²) in [5, 5.41) is 2.96. The van der Waals surface area contributed by atoms with E-state index in [9.17, 15) is 9.59 Å². The summed E-state index contributed by atoms with van der Waals surface area (Å²) in [5.74, 6) is 0.136. The highest BCUT2D eigenvalue weighted by atomic mass is 16.2. The molecule has 0 aromatic heterocycles. The van der Waals surface area contributed by atoms with Gasteiger partial charge in [-0.2, -0.15) is 0 Å². The molecule has 0 radical (unpaired) electrons. The second kappa shape index (κ2) is 8.17. The molecule has 2 aromatic rings. The number of carbonyl (C=O) groups is 2. The van der Waals surface area contributed by atoms with Crippen LogP contribution >= 0.6 is 0 Å². The zero-order valence-corrected chi connectivity index (χ0v) is 15.4. The maximum absolute atomic E-state index is 13.1. The van der Waals surface area contributed by atoms with E-state index in [-0.39, 0.29) is 11.8 Å². The van der Waals surface area contributed by atoms with Gasteiger partial charge < -0.3 is 10.2 Å². The van der Waals surface area contributed by atoms with Gasteiger partial charge in [-0.25, -0.2) is 0 Å². The number of fused-ring (bicyclic) bond motifs is 1. The molecule has 4 heteroatoms. The van der Waals surface area contributed by atoms with Crippen LogP contribution in [0.15, 0.2) is 54.6 Å². The standard InChI is InChI=1S/C22H26N2O2/c1-16(2)14-20(23-21(25)18-9-4-3-5-10-18)22(26)24-13-12-17-8-6-7-11-19(17)15-24/h3-11,16,20H,12-15H2,1-2H3,(H,23,25)/t20-/m1/s1. The van der Waals surface area contributed by atoms with Crippen molar-refractivity contribution in [2.75, 3.05) is 6.54 Å². The molecule has 26 heavy (non-hydrogen) atoms. The van der Waals surface area contributed by atoms with Crippen LogP contribution in [0.2, 0.25) is 0 Å². The quantitative estimate of drug-likeness (QED) is 0.898. The molecule has 0 unspecified atom stereocenters. The number of rotatable bonds is 5. The van der Waals surface area contributed by atoms with Crippen LogP contribution in [0.1, 0.15) is 41.8 Å². The first kappa shape index (κ1) is 18.2. The minimum absolute atomic E-state index is 0.0116. The summed E-state index contributed by atoms with van der Waals surface area (Å²) in [7, 11) is 0. The molecule has 136 valence electrons. The monoisotopic (exact) mass is 350 g/mol. The van der Waals surface area contributed by atoms with E-state index >= 15 is 0 Å². The number of amides is 2. The summed E-state index contributed by atoms with van der Waals surface area (Å²) in [6.45, 7) is 5.46. The second-order valence-electron chi connectivity index (χ2n) is 7.30. The molecule has 4 nitrogen and oxygen atoms in total. The molecule has 0 spiro atoms.